The minimum atomic E-state index is 0.668. The van der Waals surface area contributed by atoms with Crippen LogP contribution in [0.25, 0.3) is 0 Å². The Kier molecular flexibility index (Phi) is 8.80. The summed E-state index contributed by atoms with van der Waals surface area (Å²) in [4.78, 5) is 0. The summed E-state index contributed by atoms with van der Waals surface area (Å²) in [7, 11) is 0. The molecule has 0 aromatic carbocycles. The molecule has 0 aliphatic carbocycles. The van der Waals surface area contributed by atoms with E-state index in [4.69, 9.17) is 0 Å². The summed E-state index contributed by atoms with van der Waals surface area (Å²) in [6.07, 6.45) is 3.80. The first-order valence-corrected chi connectivity index (χ1v) is 6.93. The fourth-order valence-electron chi connectivity index (χ4n) is 1.52. The zero-order chi connectivity index (χ0) is 11.0. The molecule has 0 saturated carbocycles. The van der Waals surface area contributed by atoms with Gasteiger partial charge in [0, 0.05) is 16.5 Å². The van der Waals surface area contributed by atoms with Gasteiger partial charge in [-0.05, 0) is 32.7 Å². The van der Waals surface area contributed by atoms with E-state index >= 15 is 0 Å². The fraction of sp³-hybridized carbons (Fsp3) is 1.00. The molecule has 3 unspecified atom stereocenters. The Morgan fingerprint density at radius 2 is 1.71 bits per heavy atom. The molecule has 0 heterocycles. The largest absolute Gasteiger partial charge is 0.314 e. The molecule has 0 rings (SSSR count). The van der Waals surface area contributed by atoms with Crippen LogP contribution in [0.1, 0.15) is 53.9 Å². The summed E-state index contributed by atoms with van der Waals surface area (Å²) in [6, 6.07) is 0.668. The van der Waals surface area contributed by atoms with Gasteiger partial charge in [-0.15, -0.1) is 0 Å². The average molecular weight is 217 g/mol. The highest BCUT2D eigenvalue weighted by molar-refractivity contribution is 8.00. The first-order chi connectivity index (χ1) is 6.60. The van der Waals surface area contributed by atoms with Gasteiger partial charge in [0.2, 0.25) is 0 Å². The summed E-state index contributed by atoms with van der Waals surface area (Å²) in [5.74, 6) is 0. The van der Waals surface area contributed by atoms with Crippen molar-refractivity contribution in [2.75, 3.05) is 6.54 Å². The fourth-order valence-corrected chi connectivity index (χ4v) is 2.91. The van der Waals surface area contributed by atoms with E-state index in [0.29, 0.717) is 6.04 Å². The molecular formula is C12H27NS. The Hall–Kier alpha value is 0.310. The number of hydrogen-bond acceptors (Lipinski definition) is 2. The van der Waals surface area contributed by atoms with E-state index in [9.17, 15) is 0 Å². The smallest absolute Gasteiger partial charge is 0.00491 e. The van der Waals surface area contributed by atoms with Crippen molar-refractivity contribution in [2.45, 2.75) is 70.4 Å². The van der Waals surface area contributed by atoms with E-state index < -0.39 is 0 Å². The van der Waals surface area contributed by atoms with Crippen molar-refractivity contribution >= 4 is 11.8 Å². The molecule has 0 aliphatic heterocycles. The zero-order valence-electron chi connectivity index (χ0n) is 10.5. The van der Waals surface area contributed by atoms with E-state index in [2.05, 4.69) is 51.7 Å². The topological polar surface area (TPSA) is 12.0 Å². The molecule has 86 valence electrons. The second kappa shape index (κ2) is 8.60. The molecule has 0 bridgehead atoms. The van der Waals surface area contributed by atoms with E-state index in [-0.39, 0.29) is 0 Å². The zero-order valence-corrected chi connectivity index (χ0v) is 11.3. The molecule has 0 amide bonds. The molecule has 2 heteroatoms. The predicted octanol–water partition coefficient (Wildman–Crippen LogP) is 3.68. The van der Waals surface area contributed by atoms with Crippen molar-refractivity contribution in [3.8, 4) is 0 Å². The van der Waals surface area contributed by atoms with Gasteiger partial charge in [0.25, 0.3) is 0 Å². The van der Waals surface area contributed by atoms with Gasteiger partial charge in [-0.25, -0.2) is 0 Å². The Balaban J connectivity index is 3.54. The molecule has 0 aliphatic rings. The lowest BCUT2D eigenvalue weighted by molar-refractivity contribution is 0.513. The number of rotatable bonds is 8. The molecule has 0 fully saturated rings. The minimum absolute atomic E-state index is 0.668. The molecule has 0 aromatic rings. The number of nitrogens with one attached hydrogen (secondary N) is 1. The van der Waals surface area contributed by atoms with E-state index in [0.717, 1.165) is 17.0 Å². The van der Waals surface area contributed by atoms with Gasteiger partial charge in [-0.3, -0.25) is 0 Å². The molecule has 14 heavy (non-hydrogen) atoms. The summed E-state index contributed by atoms with van der Waals surface area (Å²) in [6.45, 7) is 12.6. The highest BCUT2D eigenvalue weighted by Gasteiger charge is 2.10. The third-order valence-corrected chi connectivity index (χ3v) is 3.92. The standard InChI is InChI=1S/C12H27NS/c1-6-8-13-10(3)9-12(5)14-11(4)7-2/h10-13H,6-9H2,1-5H3. The second-order valence-corrected chi connectivity index (χ2v) is 6.14. The van der Waals surface area contributed by atoms with Crippen LogP contribution < -0.4 is 5.32 Å². The van der Waals surface area contributed by atoms with Crippen LogP contribution in [0.3, 0.4) is 0 Å². The van der Waals surface area contributed by atoms with Crippen molar-refractivity contribution in [2.24, 2.45) is 0 Å². The lowest BCUT2D eigenvalue weighted by Crippen LogP contribution is -2.29. The molecule has 0 aromatic heterocycles. The van der Waals surface area contributed by atoms with Crippen LogP contribution in [0.15, 0.2) is 0 Å². The van der Waals surface area contributed by atoms with Gasteiger partial charge < -0.3 is 5.32 Å². The quantitative estimate of drug-likeness (QED) is 0.665. The summed E-state index contributed by atoms with van der Waals surface area (Å²) >= 11 is 2.12. The van der Waals surface area contributed by atoms with E-state index in [1.165, 1.54) is 19.3 Å². The third-order valence-electron chi connectivity index (χ3n) is 2.47. The van der Waals surface area contributed by atoms with Crippen LogP contribution in [0.2, 0.25) is 0 Å². The van der Waals surface area contributed by atoms with Crippen molar-refractivity contribution in [3.63, 3.8) is 0 Å². The Morgan fingerprint density at radius 1 is 1.07 bits per heavy atom. The monoisotopic (exact) mass is 217 g/mol. The first kappa shape index (κ1) is 14.3. The SMILES string of the molecule is CCCNC(C)CC(C)SC(C)CC. The summed E-state index contributed by atoms with van der Waals surface area (Å²) < 4.78 is 0. The molecule has 0 radical (unpaired) electrons. The molecule has 0 spiro atoms. The van der Waals surface area contributed by atoms with Gasteiger partial charge in [0.15, 0.2) is 0 Å². The van der Waals surface area contributed by atoms with Crippen molar-refractivity contribution in [3.05, 3.63) is 0 Å². The number of hydrogen-bond donors (Lipinski definition) is 1. The lowest BCUT2D eigenvalue weighted by atomic mass is 10.2. The first-order valence-electron chi connectivity index (χ1n) is 5.98. The highest BCUT2D eigenvalue weighted by Crippen LogP contribution is 2.22. The third kappa shape index (κ3) is 7.69. The van der Waals surface area contributed by atoms with Gasteiger partial charge in [0.05, 0.1) is 0 Å². The van der Waals surface area contributed by atoms with Gasteiger partial charge in [0.1, 0.15) is 0 Å². The van der Waals surface area contributed by atoms with Crippen LogP contribution in [0, 0.1) is 0 Å². The molecule has 0 saturated heterocycles. The van der Waals surface area contributed by atoms with Gasteiger partial charge >= 0.3 is 0 Å². The van der Waals surface area contributed by atoms with Crippen LogP contribution in [-0.4, -0.2) is 23.1 Å². The maximum absolute atomic E-state index is 3.54. The Morgan fingerprint density at radius 3 is 2.21 bits per heavy atom. The highest BCUT2D eigenvalue weighted by atomic mass is 32.2. The van der Waals surface area contributed by atoms with Crippen molar-refractivity contribution in [1.82, 2.24) is 5.32 Å². The van der Waals surface area contributed by atoms with Crippen molar-refractivity contribution < 1.29 is 0 Å². The van der Waals surface area contributed by atoms with Gasteiger partial charge in [-0.2, -0.15) is 11.8 Å². The molecule has 1 nitrogen and oxygen atoms in total. The maximum Gasteiger partial charge on any atom is 0.00491 e. The maximum atomic E-state index is 3.54. The lowest BCUT2D eigenvalue weighted by Gasteiger charge is -2.20. The van der Waals surface area contributed by atoms with E-state index in [1.807, 2.05) is 0 Å². The Bertz CT molecular complexity index is 127. The average Bonchev–Trinajstić information content (AvgIpc) is 2.14. The van der Waals surface area contributed by atoms with Crippen LogP contribution in [0.5, 0.6) is 0 Å². The molecule has 3 atom stereocenters. The normalized spacial score (nSPS) is 17.8. The predicted molar refractivity (Wildman–Crippen MR) is 69.2 cm³/mol. The summed E-state index contributed by atoms with van der Waals surface area (Å²) in [5, 5.41) is 5.13. The van der Waals surface area contributed by atoms with Crippen molar-refractivity contribution in [1.29, 1.82) is 0 Å². The summed E-state index contributed by atoms with van der Waals surface area (Å²) in [5.41, 5.74) is 0. The van der Waals surface area contributed by atoms with Crippen LogP contribution >= 0.6 is 11.8 Å². The van der Waals surface area contributed by atoms with Crippen LogP contribution in [0.4, 0.5) is 0 Å². The van der Waals surface area contributed by atoms with Gasteiger partial charge in [-0.1, -0.05) is 27.7 Å². The van der Waals surface area contributed by atoms with E-state index in [1.54, 1.807) is 0 Å². The molecular weight excluding hydrogens is 190 g/mol. The second-order valence-electron chi connectivity index (χ2n) is 4.26. The molecule has 1 N–H and O–H groups in total. The minimum Gasteiger partial charge on any atom is -0.314 e. The number of thioether (sulfide) groups is 1. The Labute approximate surface area is 94.4 Å². The van der Waals surface area contributed by atoms with Crippen LogP contribution in [-0.2, 0) is 0 Å².